The monoisotopic (exact) mass is 384 g/mol. The van der Waals surface area contributed by atoms with Gasteiger partial charge < -0.3 is 11.1 Å². The highest BCUT2D eigenvalue weighted by Crippen LogP contribution is 2.27. The number of hydrogen-bond donors (Lipinski definition) is 3. The lowest BCUT2D eigenvalue weighted by Crippen LogP contribution is -2.88. The van der Waals surface area contributed by atoms with Crippen molar-refractivity contribution in [2.45, 2.75) is 19.0 Å². The van der Waals surface area contributed by atoms with Crippen molar-refractivity contribution < 1.29 is 19.3 Å². The Balaban J connectivity index is 2.31. The first-order valence-electron chi connectivity index (χ1n) is 7.44. The molecular weight excluding hydrogens is 368 g/mol. The maximum Gasteiger partial charge on any atom is 0.319 e. The number of rotatable bonds is 5. The van der Waals surface area contributed by atoms with Crippen LogP contribution in [0.15, 0.2) is 42.5 Å². The van der Waals surface area contributed by atoms with Gasteiger partial charge in [0.05, 0.1) is 10.0 Å². The Morgan fingerprint density at radius 2 is 1.80 bits per heavy atom. The number of carbonyl (C=O) groups excluding carboxylic acids is 2. The van der Waals surface area contributed by atoms with Crippen LogP contribution in [0.4, 0.5) is 9.18 Å². The minimum atomic E-state index is -0.942. The van der Waals surface area contributed by atoms with Crippen molar-refractivity contribution in [3.8, 4) is 0 Å². The van der Waals surface area contributed by atoms with E-state index in [1.165, 1.54) is 12.1 Å². The van der Waals surface area contributed by atoms with E-state index >= 15 is 0 Å². The van der Waals surface area contributed by atoms with Crippen LogP contribution in [-0.4, -0.2) is 11.9 Å². The molecular formula is C17H17Cl2FN3O2+. The van der Waals surface area contributed by atoms with Gasteiger partial charge in [-0.2, -0.15) is 0 Å². The van der Waals surface area contributed by atoms with Crippen LogP contribution >= 0.6 is 23.2 Å². The van der Waals surface area contributed by atoms with E-state index in [1.54, 1.807) is 42.6 Å². The molecule has 2 atom stereocenters. The minimum Gasteiger partial charge on any atom is -0.351 e. The Labute approximate surface area is 154 Å². The molecule has 0 fully saturated rings. The first-order valence-corrected chi connectivity index (χ1v) is 8.20. The van der Waals surface area contributed by atoms with E-state index in [4.69, 9.17) is 28.9 Å². The zero-order valence-corrected chi connectivity index (χ0v) is 14.8. The molecule has 5 nitrogen and oxygen atoms in total. The molecule has 0 unspecified atom stereocenters. The van der Waals surface area contributed by atoms with E-state index in [1.807, 2.05) is 0 Å². The zero-order chi connectivity index (χ0) is 18.6. The van der Waals surface area contributed by atoms with E-state index in [-0.39, 0.29) is 16.1 Å². The number of halogens is 3. The second-order valence-corrected chi connectivity index (χ2v) is 6.33. The van der Waals surface area contributed by atoms with Gasteiger partial charge in [0.15, 0.2) is 6.04 Å². The Hall–Kier alpha value is -2.15. The third-order valence-electron chi connectivity index (χ3n) is 3.70. The van der Waals surface area contributed by atoms with Crippen LogP contribution in [0.3, 0.4) is 0 Å². The first-order chi connectivity index (χ1) is 11.8. The average molecular weight is 385 g/mol. The molecule has 0 aromatic heterocycles. The van der Waals surface area contributed by atoms with Gasteiger partial charge in [-0.05, 0) is 19.1 Å². The molecule has 0 saturated heterocycles. The number of imide groups is 1. The number of hydrogen-bond acceptors (Lipinski definition) is 2. The van der Waals surface area contributed by atoms with Gasteiger partial charge in [0.1, 0.15) is 11.9 Å². The van der Waals surface area contributed by atoms with Crippen molar-refractivity contribution in [3.63, 3.8) is 0 Å². The molecule has 0 aliphatic rings. The van der Waals surface area contributed by atoms with Gasteiger partial charge in [-0.15, -0.1) is 0 Å². The summed E-state index contributed by atoms with van der Waals surface area (Å²) in [6.07, 6.45) is 0. The third-order valence-corrected chi connectivity index (χ3v) is 4.32. The Morgan fingerprint density at radius 1 is 1.16 bits per heavy atom. The fraction of sp³-hybridized carbons (Fsp3) is 0.176. The van der Waals surface area contributed by atoms with Crippen molar-refractivity contribution in [2.24, 2.45) is 5.73 Å². The van der Waals surface area contributed by atoms with Crippen LogP contribution < -0.4 is 16.4 Å². The van der Waals surface area contributed by atoms with Gasteiger partial charge in [-0.1, -0.05) is 53.5 Å². The highest BCUT2D eigenvalue weighted by Gasteiger charge is 2.29. The predicted molar refractivity (Wildman–Crippen MR) is 93.7 cm³/mol. The minimum absolute atomic E-state index is 0.0768. The molecule has 5 N–H and O–H groups in total. The Bertz CT molecular complexity index is 787. The third kappa shape index (κ3) is 4.92. The topological polar surface area (TPSA) is 88.8 Å². The van der Waals surface area contributed by atoms with Crippen molar-refractivity contribution in [1.82, 2.24) is 5.32 Å². The summed E-state index contributed by atoms with van der Waals surface area (Å²) in [7, 11) is 0. The molecule has 3 amide bonds. The number of benzene rings is 2. The quantitative estimate of drug-likeness (QED) is 0.691. The summed E-state index contributed by atoms with van der Waals surface area (Å²) < 4.78 is 13.8. The van der Waals surface area contributed by atoms with Gasteiger partial charge in [0, 0.05) is 11.1 Å². The normalized spacial score (nSPS) is 13.1. The summed E-state index contributed by atoms with van der Waals surface area (Å²) >= 11 is 11.9. The highest BCUT2D eigenvalue weighted by atomic mass is 35.5. The molecule has 8 heteroatoms. The highest BCUT2D eigenvalue weighted by molar-refractivity contribution is 6.35. The summed E-state index contributed by atoms with van der Waals surface area (Å²) in [4.78, 5) is 23.4. The van der Waals surface area contributed by atoms with Gasteiger partial charge in [0.2, 0.25) is 0 Å². The second-order valence-electron chi connectivity index (χ2n) is 5.51. The molecule has 2 rings (SSSR count). The van der Waals surface area contributed by atoms with Gasteiger partial charge in [-0.3, -0.25) is 10.1 Å². The number of nitrogens with one attached hydrogen (secondary N) is 1. The van der Waals surface area contributed by atoms with E-state index in [0.29, 0.717) is 11.1 Å². The van der Waals surface area contributed by atoms with Crippen molar-refractivity contribution in [3.05, 3.63) is 69.5 Å². The smallest absolute Gasteiger partial charge is 0.319 e. The standard InChI is InChI=1S/C17H16Cl2FN3O2/c1-9(11-7-14(20)13(19)8-12(11)18)22-15(16(24)23-17(21)25)10-5-3-2-4-6-10/h2-9,15,22H,1H3,(H3,21,23,24,25)/p+1/t9-,15+/m1/s1. The van der Waals surface area contributed by atoms with Crippen molar-refractivity contribution in [1.29, 1.82) is 0 Å². The van der Waals surface area contributed by atoms with Crippen molar-refractivity contribution in [2.75, 3.05) is 0 Å². The maximum absolute atomic E-state index is 13.8. The number of primary amides is 1. The van der Waals surface area contributed by atoms with Crippen LogP contribution in [0, 0.1) is 5.82 Å². The Kier molecular flexibility index (Phi) is 6.36. The number of urea groups is 1. The number of nitrogens with two attached hydrogens (primary N) is 2. The lowest BCUT2D eigenvalue weighted by atomic mass is 10.0. The van der Waals surface area contributed by atoms with E-state index in [9.17, 15) is 14.0 Å². The number of quaternary nitrogens is 1. The summed E-state index contributed by atoms with van der Waals surface area (Å²) in [5, 5.41) is 3.95. The first kappa shape index (κ1) is 19.2. The zero-order valence-electron chi connectivity index (χ0n) is 13.3. The molecule has 0 spiro atoms. The Morgan fingerprint density at radius 3 is 2.40 bits per heavy atom. The molecule has 0 aliphatic carbocycles. The largest absolute Gasteiger partial charge is 0.351 e. The van der Waals surface area contributed by atoms with Crippen LogP contribution in [0.25, 0.3) is 0 Å². The molecule has 0 heterocycles. The summed E-state index contributed by atoms with van der Waals surface area (Å²) in [5.74, 6) is -1.17. The summed E-state index contributed by atoms with van der Waals surface area (Å²) in [6.45, 7) is 1.77. The lowest BCUT2D eigenvalue weighted by molar-refractivity contribution is -0.719. The fourth-order valence-corrected chi connectivity index (χ4v) is 3.04. The number of amides is 3. The van der Waals surface area contributed by atoms with Crippen LogP contribution in [0.5, 0.6) is 0 Å². The molecule has 0 bridgehead atoms. The molecule has 132 valence electrons. The van der Waals surface area contributed by atoms with Crippen LogP contribution in [-0.2, 0) is 4.79 Å². The van der Waals surface area contributed by atoms with Gasteiger partial charge in [-0.25, -0.2) is 9.18 Å². The lowest BCUT2D eigenvalue weighted by Gasteiger charge is -2.20. The molecule has 0 aliphatic heterocycles. The molecule has 0 saturated carbocycles. The summed E-state index contributed by atoms with van der Waals surface area (Å²) in [6, 6.07) is 9.31. The number of carbonyl (C=O) groups is 2. The predicted octanol–water partition coefficient (Wildman–Crippen LogP) is 2.69. The van der Waals surface area contributed by atoms with Crippen LogP contribution in [0.2, 0.25) is 10.0 Å². The molecule has 25 heavy (non-hydrogen) atoms. The van der Waals surface area contributed by atoms with E-state index in [0.717, 1.165) is 0 Å². The molecule has 2 aromatic carbocycles. The fourth-order valence-electron chi connectivity index (χ4n) is 2.49. The van der Waals surface area contributed by atoms with Gasteiger partial charge in [0.25, 0.3) is 5.91 Å². The van der Waals surface area contributed by atoms with Gasteiger partial charge >= 0.3 is 6.03 Å². The molecule has 2 aromatic rings. The maximum atomic E-state index is 13.8. The molecule has 0 radical (unpaired) electrons. The van der Waals surface area contributed by atoms with E-state index < -0.39 is 23.8 Å². The van der Waals surface area contributed by atoms with Crippen molar-refractivity contribution >= 4 is 35.1 Å². The van der Waals surface area contributed by atoms with Crippen LogP contribution in [0.1, 0.15) is 30.1 Å². The van der Waals surface area contributed by atoms with E-state index in [2.05, 4.69) is 5.32 Å². The summed E-state index contributed by atoms with van der Waals surface area (Å²) in [5.41, 5.74) is 6.19. The average Bonchev–Trinajstić information content (AvgIpc) is 2.55. The second kappa shape index (κ2) is 8.29. The SMILES string of the molecule is C[C@@H]([NH2+][C@H](C(=O)NC(N)=O)c1ccccc1)c1cc(F)c(Cl)cc1Cl.